The second-order valence-electron chi connectivity index (χ2n) is 5.54. The minimum atomic E-state index is -0.968. The van der Waals surface area contributed by atoms with Crippen LogP contribution in [0, 0.1) is 5.82 Å². The molecular weight excluding hydrogens is 333 g/mol. The van der Waals surface area contributed by atoms with Crippen molar-refractivity contribution in [3.05, 3.63) is 64.4 Å². The molecule has 0 unspecified atom stereocenters. The summed E-state index contributed by atoms with van der Waals surface area (Å²) < 4.78 is 18.3. The van der Waals surface area contributed by atoms with Gasteiger partial charge >= 0.3 is 5.97 Å². The number of rotatable bonds is 3. The van der Waals surface area contributed by atoms with Gasteiger partial charge in [0.1, 0.15) is 5.82 Å². The summed E-state index contributed by atoms with van der Waals surface area (Å²) >= 11 is 5.85. The fourth-order valence-corrected chi connectivity index (χ4v) is 2.96. The first-order chi connectivity index (χ1) is 11.5. The summed E-state index contributed by atoms with van der Waals surface area (Å²) in [5, 5.41) is -0.0498. The number of nitrogens with zero attached hydrogens (tertiary/aromatic N) is 1. The molecule has 4 nitrogen and oxygen atoms in total. The van der Waals surface area contributed by atoms with E-state index < -0.39 is 17.9 Å². The minimum absolute atomic E-state index is 0.0274. The molecule has 1 heterocycles. The number of esters is 1. The van der Waals surface area contributed by atoms with Crippen LogP contribution < -0.4 is 4.90 Å². The maximum absolute atomic E-state index is 13.0. The Kier molecular flexibility index (Phi) is 4.53. The van der Waals surface area contributed by atoms with E-state index in [1.807, 2.05) is 24.3 Å². The monoisotopic (exact) mass is 347 g/mol. The molecule has 1 aliphatic rings. The second kappa shape index (κ2) is 6.61. The molecule has 0 aliphatic carbocycles. The van der Waals surface area contributed by atoms with Crippen molar-refractivity contribution in [3.63, 3.8) is 0 Å². The Labute approximate surface area is 143 Å². The van der Waals surface area contributed by atoms with Crippen LogP contribution in [0.15, 0.2) is 42.5 Å². The summed E-state index contributed by atoms with van der Waals surface area (Å²) in [6, 6.07) is 11.0. The summed E-state index contributed by atoms with van der Waals surface area (Å²) in [6.45, 7) is 2.07. The Hall–Kier alpha value is -2.40. The largest absolute Gasteiger partial charge is 0.449 e. The highest BCUT2D eigenvalue weighted by atomic mass is 35.5. The maximum atomic E-state index is 13.0. The highest BCUT2D eigenvalue weighted by molar-refractivity contribution is 6.33. The molecule has 0 bridgehead atoms. The number of fused-ring (bicyclic) bond motifs is 1. The summed E-state index contributed by atoms with van der Waals surface area (Å²) in [5.74, 6) is -1.60. The molecule has 0 aromatic heterocycles. The lowest BCUT2D eigenvalue weighted by atomic mass is 10.2. The quantitative estimate of drug-likeness (QED) is 0.797. The molecule has 1 atom stereocenters. The van der Waals surface area contributed by atoms with Crippen LogP contribution in [0.2, 0.25) is 5.02 Å². The Balaban J connectivity index is 1.72. The van der Waals surface area contributed by atoms with Crippen molar-refractivity contribution in [3.8, 4) is 0 Å². The van der Waals surface area contributed by atoms with Gasteiger partial charge in [-0.2, -0.15) is 0 Å². The van der Waals surface area contributed by atoms with Crippen LogP contribution >= 0.6 is 11.6 Å². The van der Waals surface area contributed by atoms with Crippen molar-refractivity contribution in [1.29, 1.82) is 0 Å². The van der Waals surface area contributed by atoms with Gasteiger partial charge in [-0.1, -0.05) is 29.8 Å². The summed E-state index contributed by atoms with van der Waals surface area (Å²) in [4.78, 5) is 26.3. The molecule has 124 valence electrons. The summed E-state index contributed by atoms with van der Waals surface area (Å²) in [5.41, 5.74) is 1.95. The van der Waals surface area contributed by atoms with Gasteiger partial charge < -0.3 is 9.64 Å². The minimum Gasteiger partial charge on any atom is -0.449 e. The van der Waals surface area contributed by atoms with Crippen LogP contribution in [0.1, 0.15) is 22.8 Å². The normalized spacial score (nSPS) is 14.2. The number of para-hydroxylation sites is 1. The molecule has 0 spiro atoms. The Morgan fingerprint density at radius 1 is 1.25 bits per heavy atom. The molecule has 0 N–H and O–H groups in total. The highest BCUT2D eigenvalue weighted by Crippen LogP contribution is 2.28. The average molecular weight is 348 g/mol. The Morgan fingerprint density at radius 2 is 2.00 bits per heavy atom. The molecule has 6 heteroatoms. The number of anilines is 1. The molecule has 3 rings (SSSR count). The Bertz CT molecular complexity index is 809. The van der Waals surface area contributed by atoms with E-state index in [4.69, 9.17) is 16.3 Å². The standard InChI is InChI=1S/C18H15ClFNO3/c1-11(24-18(23)14-7-6-13(20)10-15(14)19)17(22)21-9-8-12-4-2-3-5-16(12)21/h2-7,10-11H,8-9H2,1H3/t11-/m1/s1. The lowest BCUT2D eigenvalue weighted by Gasteiger charge is -2.21. The lowest BCUT2D eigenvalue weighted by Crippen LogP contribution is -2.39. The van der Waals surface area contributed by atoms with Crippen molar-refractivity contribution in [2.45, 2.75) is 19.4 Å². The highest BCUT2D eigenvalue weighted by Gasteiger charge is 2.30. The number of benzene rings is 2. The van der Waals surface area contributed by atoms with Gasteiger partial charge in [0, 0.05) is 12.2 Å². The van der Waals surface area contributed by atoms with Gasteiger partial charge in [-0.15, -0.1) is 0 Å². The van der Waals surface area contributed by atoms with Gasteiger partial charge in [0.25, 0.3) is 5.91 Å². The SMILES string of the molecule is C[C@@H](OC(=O)c1ccc(F)cc1Cl)C(=O)N1CCc2ccccc21. The molecule has 0 saturated carbocycles. The third-order valence-corrected chi connectivity index (χ3v) is 4.25. The lowest BCUT2D eigenvalue weighted by molar-refractivity contribution is -0.126. The van der Waals surface area contributed by atoms with E-state index in [-0.39, 0.29) is 16.5 Å². The fourth-order valence-electron chi connectivity index (χ4n) is 2.72. The van der Waals surface area contributed by atoms with E-state index in [9.17, 15) is 14.0 Å². The fraction of sp³-hybridized carbons (Fsp3) is 0.222. The smallest absolute Gasteiger partial charge is 0.340 e. The first-order valence-corrected chi connectivity index (χ1v) is 7.90. The van der Waals surface area contributed by atoms with Crippen molar-refractivity contribution < 1.29 is 18.7 Å². The van der Waals surface area contributed by atoms with Gasteiger partial charge in [-0.3, -0.25) is 4.79 Å². The number of hydrogen-bond acceptors (Lipinski definition) is 3. The predicted octanol–water partition coefficient (Wildman–Crippen LogP) is 3.61. The predicted molar refractivity (Wildman–Crippen MR) is 88.8 cm³/mol. The van der Waals surface area contributed by atoms with Gasteiger partial charge in [-0.05, 0) is 43.2 Å². The van der Waals surface area contributed by atoms with E-state index in [1.165, 1.54) is 13.0 Å². The Morgan fingerprint density at radius 3 is 2.75 bits per heavy atom. The number of amides is 1. The van der Waals surface area contributed by atoms with E-state index >= 15 is 0 Å². The zero-order valence-electron chi connectivity index (χ0n) is 13.0. The van der Waals surface area contributed by atoms with Gasteiger partial charge in [-0.25, -0.2) is 9.18 Å². The first-order valence-electron chi connectivity index (χ1n) is 7.52. The summed E-state index contributed by atoms with van der Waals surface area (Å²) in [7, 11) is 0. The maximum Gasteiger partial charge on any atom is 0.340 e. The number of hydrogen-bond donors (Lipinski definition) is 0. The van der Waals surface area contributed by atoms with Crippen molar-refractivity contribution in [2.75, 3.05) is 11.4 Å². The molecule has 0 fully saturated rings. The third-order valence-electron chi connectivity index (χ3n) is 3.94. The zero-order chi connectivity index (χ0) is 17.3. The zero-order valence-corrected chi connectivity index (χ0v) is 13.7. The molecule has 2 aromatic carbocycles. The second-order valence-corrected chi connectivity index (χ2v) is 5.95. The molecule has 1 amide bonds. The molecule has 2 aromatic rings. The van der Waals surface area contributed by atoms with Gasteiger partial charge in [0.15, 0.2) is 6.10 Å². The number of halogens is 2. The van der Waals surface area contributed by atoms with Crippen LogP contribution in [0.5, 0.6) is 0 Å². The third kappa shape index (κ3) is 3.12. The van der Waals surface area contributed by atoms with Crippen molar-refractivity contribution >= 4 is 29.2 Å². The molecule has 0 radical (unpaired) electrons. The topological polar surface area (TPSA) is 46.6 Å². The molecule has 1 aliphatic heterocycles. The van der Waals surface area contributed by atoms with Gasteiger partial charge in [0.2, 0.25) is 0 Å². The van der Waals surface area contributed by atoms with E-state index in [1.54, 1.807) is 4.90 Å². The van der Waals surface area contributed by atoms with Crippen LogP contribution in [0.4, 0.5) is 10.1 Å². The van der Waals surface area contributed by atoms with Crippen LogP contribution in [-0.2, 0) is 16.0 Å². The number of carbonyl (C=O) groups is 2. The van der Waals surface area contributed by atoms with Crippen molar-refractivity contribution in [1.82, 2.24) is 0 Å². The van der Waals surface area contributed by atoms with E-state index in [0.29, 0.717) is 6.54 Å². The number of ether oxygens (including phenoxy) is 1. The molecular formula is C18H15ClFNO3. The van der Waals surface area contributed by atoms with Crippen LogP contribution in [-0.4, -0.2) is 24.5 Å². The number of carbonyl (C=O) groups excluding carboxylic acids is 2. The van der Waals surface area contributed by atoms with Gasteiger partial charge in [0.05, 0.1) is 10.6 Å². The first kappa shape index (κ1) is 16.5. The van der Waals surface area contributed by atoms with Crippen LogP contribution in [0.3, 0.4) is 0 Å². The average Bonchev–Trinajstić information content (AvgIpc) is 2.97. The van der Waals surface area contributed by atoms with E-state index in [0.717, 1.165) is 29.8 Å². The molecule has 0 saturated heterocycles. The summed E-state index contributed by atoms with van der Waals surface area (Å²) in [6.07, 6.45) is -0.198. The van der Waals surface area contributed by atoms with E-state index in [2.05, 4.69) is 0 Å². The molecule has 24 heavy (non-hydrogen) atoms. The van der Waals surface area contributed by atoms with Crippen molar-refractivity contribution in [2.24, 2.45) is 0 Å². The van der Waals surface area contributed by atoms with Crippen LogP contribution in [0.25, 0.3) is 0 Å².